The van der Waals surface area contributed by atoms with Crippen molar-refractivity contribution in [2.24, 2.45) is 0 Å². The fourth-order valence-electron chi connectivity index (χ4n) is 2.73. The molecule has 1 aromatic carbocycles. The van der Waals surface area contributed by atoms with E-state index in [0.29, 0.717) is 6.42 Å². The number of para-hydroxylation sites is 1. The molecule has 130 valence electrons. The van der Waals surface area contributed by atoms with Gasteiger partial charge in [0, 0.05) is 23.5 Å². The van der Waals surface area contributed by atoms with E-state index in [9.17, 15) is 9.59 Å². The summed E-state index contributed by atoms with van der Waals surface area (Å²) in [5.41, 5.74) is 2.06. The molecule has 1 saturated heterocycles. The highest BCUT2D eigenvalue weighted by molar-refractivity contribution is 5.84. The highest BCUT2D eigenvalue weighted by atomic mass is 16.4. The first-order valence-corrected chi connectivity index (χ1v) is 7.94. The number of likely N-dealkylation sites (N-methyl/N-ethyl adjacent to an activating group) is 1. The molecule has 2 heterocycles. The Labute approximate surface area is 140 Å². The lowest BCUT2D eigenvalue weighted by molar-refractivity contribution is -0.140. The minimum absolute atomic E-state index is 0.269. The van der Waals surface area contributed by atoms with Gasteiger partial charge in [0.2, 0.25) is 0 Å². The van der Waals surface area contributed by atoms with Crippen LogP contribution in [0.1, 0.15) is 18.4 Å². The average molecular weight is 333 g/mol. The summed E-state index contributed by atoms with van der Waals surface area (Å²) in [6.45, 7) is 0.858. The molecule has 0 spiro atoms. The van der Waals surface area contributed by atoms with Gasteiger partial charge >= 0.3 is 11.9 Å². The molecule has 5 N–H and O–H groups in total. The Morgan fingerprint density at radius 1 is 1.33 bits per heavy atom. The molecule has 0 saturated carbocycles. The number of hydrogen-bond donors (Lipinski definition) is 5. The quantitative estimate of drug-likeness (QED) is 0.562. The van der Waals surface area contributed by atoms with Crippen molar-refractivity contribution in [2.45, 2.75) is 31.3 Å². The van der Waals surface area contributed by atoms with E-state index >= 15 is 0 Å². The van der Waals surface area contributed by atoms with Gasteiger partial charge < -0.3 is 25.8 Å². The zero-order chi connectivity index (χ0) is 17.5. The summed E-state index contributed by atoms with van der Waals surface area (Å²) < 4.78 is 0. The van der Waals surface area contributed by atoms with E-state index in [0.717, 1.165) is 35.9 Å². The summed E-state index contributed by atoms with van der Waals surface area (Å²) in [6, 6.07) is 7.07. The van der Waals surface area contributed by atoms with Gasteiger partial charge in [-0.3, -0.25) is 9.59 Å². The molecule has 1 aromatic heterocycles. The van der Waals surface area contributed by atoms with E-state index in [2.05, 4.69) is 15.6 Å². The molecular weight excluding hydrogens is 310 g/mol. The first kappa shape index (κ1) is 18.0. The number of carboxylic acids is 2. The van der Waals surface area contributed by atoms with Crippen LogP contribution in [0.15, 0.2) is 30.5 Å². The number of aromatic nitrogens is 1. The number of fused-ring (bicyclic) bond motifs is 1. The van der Waals surface area contributed by atoms with Crippen LogP contribution >= 0.6 is 0 Å². The lowest BCUT2D eigenvalue weighted by Crippen LogP contribution is -2.35. The van der Waals surface area contributed by atoms with Crippen LogP contribution in [-0.2, 0) is 16.0 Å². The molecular formula is C17H23N3O4. The van der Waals surface area contributed by atoms with Crippen LogP contribution in [-0.4, -0.2) is 52.8 Å². The Bertz CT molecular complexity index is 692. The summed E-state index contributed by atoms with van der Waals surface area (Å²) in [5.74, 6) is -1.55. The van der Waals surface area contributed by atoms with Gasteiger partial charge in [0.1, 0.15) is 12.1 Å². The monoisotopic (exact) mass is 333 g/mol. The summed E-state index contributed by atoms with van der Waals surface area (Å²) in [4.78, 5) is 24.2. The van der Waals surface area contributed by atoms with Crippen molar-refractivity contribution in [1.29, 1.82) is 0 Å². The lowest BCUT2D eigenvalue weighted by atomic mass is 10.1. The van der Waals surface area contributed by atoms with E-state index in [1.807, 2.05) is 30.5 Å². The molecule has 7 nitrogen and oxygen atoms in total. The fraction of sp³-hybridized carbons (Fsp3) is 0.412. The Morgan fingerprint density at radius 2 is 2.08 bits per heavy atom. The van der Waals surface area contributed by atoms with Crippen LogP contribution in [0.3, 0.4) is 0 Å². The normalized spacial score (nSPS) is 18.0. The van der Waals surface area contributed by atoms with E-state index in [4.69, 9.17) is 10.2 Å². The van der Waals surface area contributed by atoms with Crippen LogP contribution < -0.4 is 10.6 Å². The number of hydrogen-bond acceptors (Lipinski definition) is 4. The molecule has 2 atom stereocenters. The number of carbonyl (C=O) groups is 2. The zero-order valence-corrected chi connectivity index (χ0v) is 13.6. The number of rotatable bonds is 5. The van der Waals surface area contributed by atoms with E-state index < -0.39 is 18.0 Å². The maximum atomic E-state index is 10.9. The van der Waals surface area contributed by atoms with Crippen molar-refractivity contribution in [3.8, 4) is 0 Å². The van der Waals surface area contributed by atoms with Crippen molar-refractivity contribution >= 4 is 22.8 Å². The molecule has 0 radical (unpaired) electrons. The third-order valence-electron chi connectivity index (χ3n) is 4.10. The minimum Gasteiger partial charge on any atom is -0.480 e. The van der Waals surface area contributed by atoms with E-state index in [-0.39, 0.29) is 6.04 Å². The summed E-state index contributed by atoms with van der Waals surface area (Å²) in [6.07, 6.45) is 4.14. The average Bonchev–Trinajstić information content (AvgIpc) is 3.23. The number of nitrogens with one attached hydrogen (secondary N) is 3. The van der Waals surface area contributed by atoms with Gasteiger partial charge in [0.25, 0.3) is 0 Å². The molecule has 1 unspecified atom stereocenters. The van der Waals surface area contributed by atoms with E-state index in [1.165, 1.54) is 0 Å². The predicted octanol–water partition coefficient (Wildman–Crippen LogP) is 1.21. The third-order valence-corrected chi connectivity index (χ3v) is 4.10. The zero-order valence-electron chi connectivity index (χ0n) is 13.6. The first-order chi connectivity index (χ1) is 11.5. The van der Waals surface area contributed by atoms with Gasteiger partial charge in [0.05, 0.1) is 0 Å². The molecule has 24 heavy (non-hydrogen) atoms. The maximum absolute atomic E-state index is 10.9. The van der Waals surface area contributed by atoms with Crippen molar-refractivity contribution in [2.75, 3.05) is 13.6 Å². The van der Waals surface area contributed by atoms with Gasteiger partial charge in [-0.15, -0.1) is 0 Å². The molecule has 1 fully saturated rings. The van der Waals surface area contributed by atoms with Gasteiger partial charge in [-0.05, 0) is 38.1 Å². The van der Waals surface area contributed by atoms with E-state index in [1.54, 1.807) is 7.05 Å². The molecule has 3 rings (SSSR count). The Hall–Kier alpha value is -2.38. The molecule has 7 heteroatoms. The highest BCUT2D eigenvalue weighted by Crippen LogP contribution is 2.18. The number of aromatic amines is 1. The second kappa shape index (κ2) is 8.47. The molecule has 1 aliphatic heterocycles. The Balaban J connectivity index is 0.000000219. The summed E-state index contributed by atoms with van der Waals surface area (Å²) in [5, 5.41) is 24.1. The van der Waals surface area contributed by atoms with Crippen molar-refractivity contribution in [3.63, 3.8) is 0 Å². The molecule has 0 bridgehead atoms. The SMILES string of the molecule is CNC(Cc1c[nH]c2ccccc12)C(=O)O.O=C(O)[C@@H]1CCCN1. The Morgan fingerprint density at radius 3 is 2.62 bits per heavy atom. The van der Waals surface area contributed by atoms with Crippen LogP contribution in [0.5, 0.6) is 0 Å². The van der Waals surface area contributed by atoms with Crippen LogP contribution in [0.4, 0.5) is 0 Å². The predicted molar refractivity (Wildman–Crippen MR) is 91.1 cm³/mol. The summed E-state index contributed by atoms with van der Waals surface area (Å²) in [7, 11) is 1.66. The van der Waals surface area contributed by atoms with Crippen LogP contribution in [0, 0.1) is 0 Å². The standard InChI is InChI=1S/C12H14N2O2.C5H9NO2/c1-13-11(12(15)16)6-8-7-14-10-5-3-2-4-9(8)10;7-5(8)4-2-1-3-6-4/h2-5,7,11,13-14H,6H2,1H3,(H,15,16);4,6H,1-3H2,(H,7,8)/t;4-/m.0/s1. The molecule has 1 aliphatic rings. The third kappa shape index (κ3) is 4.56. The van der Waals surface area contributed by atoms with Crippen molar-refractivity contribution < 1.29 is 19.8 Å². The van der Waals surface area contributed by atoms with Gasteiger partial charge in [-0.1, -0.05) is 18.2 Å². The van der Waals surface area contributed by atoms with Crippen molar-refractivity contribution in [1.82, 2.24) is 15.6 Å². The van der Waals surface area contributed by atoms with Crippen molar-refractivity contribution in [3.05, 3.63) is 36.0 Å². The number of carboxylic acid groups (broad SMARTS) is 2. The molecule has 0 aliphatic carbocycles. The molecule has 2 aromatic rings. The van der Waals surface area contributed by atoms with Gasteiger partial charge in [-0.25, -0.2) is 0 Å². The van der Waals surface area contributed by atoms with Gasteiger partial charge in [-0.2, -0.15) is 0 Å². The topological polar surface area (TPSA) is 114 Å². The van der Waals surface area contributed by atoms with Gasteiger partial charge in [0.15, 0.2) is 0 Å². The summed E-state index contributed by atoms with van der Waals surface area (Å²) >= 11 is 0. The minimum atomic E-state index is -0.826. The fourth-order valence-corrected chi connectivity index (χ4v) is 2.73. The largest absolute Gasteiger partial charge is 0.480 e. The second-order valence-electron chi connectivity index (χ2n) is 5.73. The van der Waals surface area contributed by atoms with Crippen LogP contribution in [0.2, 0.25) is 0 Å². The maximum Gasteiger partial charge on any atom is 0.321 e. The number of aliphatic carboxylic acids is 2. The number of benzene rings is 1. The van der Waals surface area contributed by atoms with Crippen LogP contribution in [0.25, 0.3) is 10.9 Å². The Kier molecular flexibility index (Phi) is 6.34. The first-order valence-electron chi connectivity index (χ1n) is 7.94. The number of H-pyrrole nitrogens is 1. The highest BCUT2D eigenvalue weighted by Gasteiger charge is 2.20. The lowest BCUT2D eigenvalue weighted by Gasteiger charge is -2.09. The second-order valence-corrected chi connectivity index (χ2v) is 5.73. The molecule has 0 amide bonds. The smallest absolute Gasteiger partial charge is 0.321 e.